The van der Waals surface area contributed by atoms with Gasteiger partial charge in [0.2, 0.25) is 5.91 Å². The molecular formula is C25H31F3N2O4. The first-order valence-electron chi connectivity index (χ1n) is 11.0. The fourth-order valence-corrected chi connectivity index (χ4v) is 3.22. The molecule has 9 heteroatoms. The molecule has 1 aromatic heterocycles. The van der Waals surface area contributed by atoms with E-state index in [-0.39, 0.29) is 11.7 Å². The molecule has 2 rings (SSSR count). The van der Waals surface area contributed by atoms with Gasteiger partial charge in [-0.15, -0.1) is 0 Å². The summed E-state index contributed by atoms with van der Waals surface area (Å²) in [5.74, 6) is -2.26. The highest BCUT2D eigenvalue weighted by molar-refractivity contribution is 5.85. The predicted octanol–water partition coefficient (Wildman–Crippen LogP) is 5.04. The van der Waals surface area contributed by atoms with E-state index in [1.54, 1.807) is 34.6 Å². The number of carbonyl (C=O) groups is 2. The lowest BCUT2D eigenvalue weighted by Crippen LogP contribution is -2.41. The van der Waals surface area contributed by atoms with Crippen molar-refractivity contribution < 1.29 is 32.2 Å². The lowest BCUT2D eigenvalue weighted by Gasteiger charge is -2.27. The van der Waals surface area contributed by atoms with E-state index in [2.05, 4.69) is 15.0 Å². The molecule has 6 nitrogen and oxygen atoms in total. The fourth-order valence-electron chi connectivity index (χ4n) is 3.22. The molecule has 0 unspecified atom stereocenters. The van der Waals surface area contributed by atoms with Crippen molar-refractivity contribution in [3.63, 3.8) is 0 Å². The molecular weight excluding hydrogens is 449 g/mol. The number of pyridine rings is 1. The molecule has 0 saturated carbocycles. The minimum atomic E-state index is -4.45. The average Bonchev–Trinajstić information content (AvgIpc) is 2.75. The number of ether oxygens (including phenoxy) is 2. The smallest absolute Gasteiger partial charge is 0.422 e. The molecule has 0 aliphatic rings. The molecule has 186 valence electrons. The topological polar surface area (TPSA) is 77.5 Å². The highest BCUT2D eigenvalue weighted by atomic mass is 19.4. The third-order valence-corrected chi connectivity index (χ3v) is 4.98. The first-order chi connectivity index (χ1) is 15.7. The lowest BCUT2D eigenvalue weighted by molar-refractivity contribution is -0.163. The third-order valence-electron chi connectivity index (χ3n) is 4.98. The second-order valence-electron chi connectivity index (χ2n) is 9.17. The number of benzene rings is 1. The van der Waals surface area contributed by atoms with Gasteiger partial charge < -0.3 is 14.8 Å². The monoisotopic (exact) mass is 480 g/mol. The van der Waals surface area contributed by atoms with E-state index in [0.29, 0.717) is 12.1 Å². The van der Waals surface area contributed by atoms with Crippen LogP contribution < -0.4 is 10.1 Å². The number of alkyl halides is 3. The van der Waals surface area contributed by atoms with Crippen LogP contribution in [-0.4, -0.2) is 35.2 Å². The van der Waals surface area contributed by atoms with Gasteiger partial charge in [0.15, 0.2) is 6.61 Å². The van der Waals surface area contributed by atoms with Crippen LogP contribution in [0.4, 0.5) is 13.2 Å². The lowest BCUT2D eigenvalue weighted by atomic mass is 9.86. The third kappa shape index (κ3) is 9.03. The van der Waals surface area contributed by atoms with Crippen LogP contribution in [0.1, 0.15) is 51.9 Å². The second-order valence-corrected chi connectivity index (χ2v) is 9.17. The predicted molar refractivity (Wildman–Crippen MR) is 121 cm³/mol. The number of hydrogen-bond acceptors (Lipinski definition) is 5. The largest absolute Gasteiger partial charge is 0.483 e. The van der Waals surface area contributed by atoms with E-state index in [1.807, 2.05) is 30.3 Å². The zero-order valence-electron chi connectivity index (χ0n) is 20.0. The quantitative estimate of drug-likeness (QED) is 0.509. The molecule has 1 heterocycles. The van der Waals surface area contributed by atoms with E-state index < -0.39 is 42.2 Å². The van der Waals surface area contributed by atoms with E-state index in [4.69, 9.17) is 4.74 Å². The van der Waals surface area contributed by atoms with Crippen molar-refractivity contribution in [2.75, 3.05) is 6.61 Å². The van der Waals surface area contributed by atoms with Crippen molar-refractivity contribution in [1.29, 1.82) is 0 Å². The Morgan fingerprint density at radius 3 is 2.21 bits per heavy atom. The van der Waals surface area contributed by atoms with Gasteiger partial charge in [-0.2, -0.15) is 13.2 Å². The van der Waals surface area contributed by atoms with E-state index in [1.165, 1.54) is 18.3 Å². The zero-order chi connectivity index (χ0) is 25.5. The summed E-state index contributed by atoms with van der Waals surface area (Å²) in [6, 6.07) is 11.6. The van der Waals surface area contributed by atoms with Crippen molar-refractivity contribution in [2.45, 2.75) is 58.9 Å². The van der Waals surface area contributed by atoms with Crippen molar-refractivity contribution in [2.24, 2.45) is 11.8 Å². The van der Waals surface area contributed by atoms with Gasteiger partial charge in [-0.05, 0) is 51.8 Å². The molecule has 1 amide bonds. The maximum Gasteiger partial charge on any atom is 0.422 e. The van der Waals surface area contributed by atoms with Crippen molar-refractivity contribution in [1.82, 2.24) is 10.3 Å². The van der Waals surface area contributed by atoms with Gasteiger partial charge in [-0.25, -0.2) is 0 Å². The molecule has 34 heavy (non-hydrogen) atoms. The number of rotatable bonds is 9. The Balaban J connectivity index is 2.13. The second kappa shape index (κ2) is 11.4. The normalized spacial score (nSPS) is 14.6. The SMILES string of the molecule is C[C@H](C(=O)OC(C)(C)C)[C@H](Cc1ccccc1)C(=O)N[C@H](C)c1ccc(OCC(F)(F)F)cn1. The van der Waals surface area contributed by atoms with Crippen molar-refractivity contribution in [3.05, 3.63) is 59.9 Å². The number of nitrogens with one attached hydrogen (secondary N) is 1. The Morgan fingerprint density at radius 1 is 1.03 bits per heavy atom. The molecule has 1 aromatic carbocycles. The molecule has 0 fully saturated rings. The molecule has 0 aliphatic heterocycles. The molecule has 0 bridgehead atoms. The summed E-state index contributed by atoms with van der Waals surface area (Å²) in [6.45, 7) is 7.24. The molecule has 0 saturated heterocycles. The van der Waals surface area contributed by atoms with Gasteiger partial charge in [0, 0.05) is 0 Å². The summed E-state index contributed by atoms with van der Waals surface area (Å²) >= 11 is 0. The summed E-state index contributed by atoms with van der Waals surface area (Å²) in [6.07, 6.45) is -2.94. The number of esters is 1. The molecule has 2 aromatic rings. The molecule has 0 aliphatic carbocycles. The minimum Gasteiger partial charge on any atom is -0.483 e. The highest BCUT2D eigenvalue weighted by Crippen LogP contribution is 2.24. The van der Waals surface area contributed by atoms with Gasteiger partial charge >= 0.3 is 12.1 Å². The van der Waals surface area contributed by atoms with Gasteiger partial charge in [0.05, 0.1) is 29.8 Å². The van der Waals surface area contributed by atoms with Crippen molar-refractivity contribution >= 4 is 11.9 Å². The van der Waals surface area contributed by atoms with Crippen LogP contribution in [0, 0.1) is 11.8 Å². The van der Waals surface area contributed by atoms with Crippen LogP contribution >= 0.6 is 0 Å². The van der Waals surface area contributed by atoms with E-state index in [9.17, 15) is 22.8 Å². The van der Waals surface area contributed by atoms with Gasteiger partial charge in [0.25, 0.3) is 0 Å². The minimum absolute atomic E-state index is 0.0277. The number of carbonyl (C=O) groups excluding carboxylic acids is 2. The Kier molecular flexibility index (Phi) is 9.06. The summed E-state index contributed by atoms with van der Waals surface area (Å²) in [5, 5.41) is 2.86. The van der Waals surface area contributed by atoms with Crippen LogP contribution in [0.15, 0.2) is 48.7 Å². The van der Waals surface area contributed by atoms with Crippen LogP contribution in [0.3, 0.4) is 0 Å². The summed E-state index contributed by atoms with van der Waals surface area (Å²) < 4.78 is 47.1. The molecule has 1 N–H and O–H groups in total. The Labute approximate surface area is 197 Å². The maximum absolute atomic E-state index is 13.2. The fraction of sp³-hybridized carbons (Fsp3) is 0.480. The maximum atomic E-state index is 13.2. The first kappa shape index (κ1) is 27.1. The first-order valence-corrected chi connectivity index (χ1v) is 11.0. The van der Waals surface area contributed by atoms with Crippen LogP contribution in [0.25, 0.3) is 0 Å². The number of nitrogens with zero attached hydrogens (tertiary/aromatic N) is 1. The number of halogens is 3. The molecule has 0 radical (unpaired) electrons. The van der Waals surface area contributed by atoms with E-state index in [0.717, 1.165) is 5.56 Å². The number of amides is 1. The molecule has 0 spiro atoms. The highest BCUT2D eigenvalue weighted by Gasteiger charge is 2.34. The molecule has 3 atom stereocenters. The summed E-state index contributed by atoms with van der Waals surface area (Å²) in [5.41, 5.74) is 0.651. The average molecular weight is 481 g/mol. The number of hydrogen-bond donors (Lipinski definition) is 1. The van der Waals surface area contributed by atoms with Crippen LogP contribution in [-0.2, 0) is 20.7 Å². The van der Waals surface area contributed by atoms with Gasteiger partial charge in [-0.3, -0.25) is 14.6 Å². The van der Waals surface area contributed by atoms with Gasteiger partial charge in [-0.1, -0.05) is 37.3 Å². The van der Waals surface area contributed by atoms with E-state index >= 15 is 0 Å². The summed E-state index contributed by atoms with van der Waals surface area (Å²) in [7, 11) is 0. The standard InChI is InChI=1S/C25H31F3N2O4/c1-16(23(32)34-24(3,4)5)20(13-18-9-7-6-8-10-18)22(31)30-17(2)21-12-11-19(14-29-21)33-15-25(26,27)28/h6-12,14,16-17,20H,13,15H2,1-5H3,(H,30,31)/t16-,17+,20-/m0/s1. The number of aromatic nitrogens is 1. The Hall–Kier alpha value is -3.10. The Bertz CT molecular complexity index is 941. The summed E-state index contributed by atoms with van der Waals surface area (Å²) in [4.78, 5) is 30.0. The Morgan fingerprint density at radius 2 is 1.68 bits per heavy atom. The van der Waals surface area contributed by atoms with Gasteiger partial charge in [0.1, 0.15) is 11.4 Å². The van der Waals surface area contributed by atoms with Crippen LogP contribution in [0.5, 0.6) is 5.75 Å². The van der Waals surface area contributed by atoms with Crippen molar-refractivity contribution in [3.8, 4) is 5.75 Å². The van der Waals surface area contributed by atoms with Crippen LogP contribution in [0.2, 0.25) is 0 Å². The zero-order valence-corrected chi connectivity index (χ0v) is 20.0.